The van der Waals surface area contributed by atoms with E-state index in [0.29, 0.717) is 0 Å². The van der Waals surface area contributed by atoms with E-state index < -0.39 is 0 Å². The van der Waals surface area contributed by atoms with E-state index in [1.807, 2.05) is 0 Å². The lowest BCUT2D eigenvalue weighted by Gasteiger charge is -2.31. The van der Waals surface area contributed by atoms with Gasteiger partial charge in [0.2, 0.25) is 0 Å². The van der Waals surface area contributed by atoms with Gasteiger partial charge in [-0.1, -0.05) is 267 Å². The fourth-order valence-electron chi connectivity index (χ4n) is 14.3. The van der Waals surface area contributed by atoms with Crippen LogP contribution >= 0.6 is 0 Å². The van der Waals surface area contributed by atoms with E-state index in [-0.39, 0.29) is 0 Å². The van der Waals surface area contributed by atoms with Gasteiger partial charge in [0, 0.05) is 54.6 Å². The molecule has 18 aromatic rings. The zero-order valence-electron chi connectivity index (χ0n) is 47.7. The fourth-order valence-corrected chi connectivity index (χ4v) is 14.3. The van der Waals surface area contributed by atoms with Crippen LogP contribution in [0.25, 0.3) is 142 Å². The summed E-state index contributed by atoms with van der Waals surface area (Å²) in [5.74, 6) is 0. The summed E-state index contributed by atoms with van der Waals surface area (Å²) in [5.41, 5.74) is 18.2. The maximum Gasteiger partial charge on any atom is 0.159 e. The van der Waals surface area contributed by atoms with Crippen molar-refractivity contribution >= 4 is 132 Å². The Kier molecular flexibility index (Phi) is 11.3. The SMILES string of the molecule is c1ccc(-c2ccccc2N(c2ccc3ccc4c(N(c5ccccc5-c5ccccc5)c5cccc6c5oc5c(-c7ccccc7)cc7ccccc7c56)ccc5ccc2c3c54)c2cccc3c2oc2c(-c4ccccc4)cc4ccccc4c23)cc1. The Morgan fingerprint density at radius 3 is 0.932 bits per heavy atom. The summed E-state index contributed by atoms with van der Waals surface area (Å²) >= 11 is 0. The molecule has 2 heterocycles. The molecule has 0 spiro atoms. The van der Waals surface area contributed by atoms with Gasteiger partial charge in [-0.3, -0.25) is 0 Å². The van der Waals surface area contributed by atoms with Crippen molar-refractivity contribution in [2.75, 3.05) is 9.80 Å². The molecule has 16 aromatic carbocycles. The Morgan fingerprint density at radius 1 is 0.182 bits per heavy atom. The van der Waals surface area contributed by atoms with Crippen LogP contribution in [0, 0.1) is 0 Å². The van der Waals surface area contributed by atoms with Gasteiger partial charge in [0.15, 0.2) is 11.2 Å². The Bertz CT molecular complexity index is 5390. The van der Waals surface area contributed by atoms with Gasteiger partial charge in [-0.25, -0.2) is 0 Å². The molecule has 18 rings (SSSR count). The molecule has 0 fully saturated rings. The molecular formula is C84H52N2O2. The van der Waals surface area contributed by atoms with Crippen molar-refractivity contribution in [2.45, 2.75) is 0 Å². The van der Waals surface area contributed by atoms with Crippen LogP contribution in [-0.4, -0.2) is 0 Å². The van der Waals surface area contributed by atoms with Gasteiger partial charge in [0.05, 0.1) is 34.1 Å². The van der Waals surface area contributed by atoms with E-state index >= 15 is 0 Å². The molecule has 0 saturated heterocycles. The quantitative estimate of drug-likeness (QED) is 0.128. The van der Waals surface area contributed by atoms with Crippen molar-refractivity contribution in [1.82, 2.24) is 0 Å². The zero-order chi connectivity index (χ0) is 57.8. The minimum absolute atomic E-state index is 0.818. The molecule has 0 saturated carbocycles. The third-order valence-corrected chi connectivity index (χ3v) is 18.1. The Morgan fingerprint density at radius 2 is 0.511 bits per heavy atom. The van der Waals surface area contributed by atoms with Crippen LogP contribution in [0.2, 0.25) is 0 Å². The van der Waals surface area contributed by atoms with Crippen molar-refractivity contribution in [3.05, 3.63) is 315 Å². The second kappa shape index (κ2) is 20.0. The summed E-state index contributed by atoms with van der Waals surface area (Å²) in [6.45, 7) is 0. The van der Waals surface area contributed by atoms with E-state index in [0.717, 1.165) is 155 Å². The molecule has 0 aliphatic carbocycles. The van der Waals surface area contributed by atoms with E-state index in [1.54, 1.807) is 0 Å². The third kappa shape index (κ3) is 7.65. The van der Waals surface area contributed by atoms with Gasteiger partial charge in [-0.05, 0) is 114 Å². The Hall–Kier alpha value is -11.7. The molecule has 4 nitrogen and oxygen atoms in total. The number of anilines is 6. The zero-order valence-corrected chi connectivity index (χ0v) is 47.7. The van der Waals surface area contributed by atoms with Crippen LogP contribution in [-0.2, 0) is 0 Å². The number of fused-ring (bicyclic) bond motifs is 10. The standard InChI is InChI=1S/C84H52N2O2/c1-5-23-53(24-6-1)61-33-17-19-39-71(61)85(75-41-21-37-67-79-63-35-15-13-31-59(63)51-69(83(79)87-81(67)75)55-27-9-3-10-28-55)73-49-45-57-44-48-66-74(50-46-58-43-47-65(73)77(57)78(58)66)86(72-40-20-18-34-62(72)54-25-7-2-8-26-54)76-42-22-38-68-80-64-36-16-14-32-60(64)52-70(84(80)88-82(68)76)56-29-11-4-12-30-56/h1-52H. The maximum atomic E-state index is 7.48. The summed E-state index contributed by atoms with van der Waals surface area (Å²) in [6.07, 6.45) is 0. The number of nitrogens with zero attached hydrogens (tertiary/aromatic N) is 2. The Labute approximate surface area is 507 Å². The van der Waals surface area contributed by atoms with Gasteiger partial charge >= 0.3 is 0 Å². The number of hydrogen-bond donors (Lipinski definition) is 0. The van der Waals surface area contributed by atoms with Gasteiger partial charge in [-0.2, -0.15) is 0 Å². The van der Waals surface area contributed by atoms with Crippen LogP contribution in [0.3, 0.4) is 0 Å². The monoisotopic (exact) mass is 1120 g/mol. The van der Waals surface area contributed by atoms with Gasteiger partial charge in [-0.15, -0.1) is 0 Å². The minimum Gasteiger partial charge on any atom is -0.453 e. The van der Waals surface area contributed by atoms with Gasteiger partial charge in [0.1, 0.15) is 11.2 Å². The number of rotatable bonds is 10. The molecule has 0 unspecified atom stereocenters. The largest absolute Gasteiger partial charge is 0.453 e. The highest BCUT2D eigenvalue weighted by Gasteiger charge is 2.29. The van der Waals surface area contributed by atoms with Crippen molar-refractivity contribution in [1.29, 1.82) is 0 Å². The number of para-hydroxylation sites is 4. The molecular weight excluding hydrogens is 1070 g/mol. The van der Waals surface area contributed by atoms with E-state index in [1.165, 1.54) is 21.5 Å². The molecule has 0 bridgehead atoms. The highest BCUT2D eigenvalue weighted by Crippen LogP contribution is 2.54. The van der Waals surface area contributed by atoms with Crippen molar-refractivity contribution < 1.29 is 8.83 Å². The molecule has 4 heteroatoms. The van der Waals surface area contributed by atoms with Crippen LogP contribution < -0.4 is 9.80 Å². The smallest absolute Gasteiger partial charge is 0.159 e. The topological polar surface area (TPSA) is 32.8 Å². The van der Waals surface area contributed by atoms with E-state index in [9.17, 15) is 0 Å². The van der Waals surface area contributed by atoms with Crippen LogP contribution in [0.1, 0.15) is 0 Å². The number of furan rings is 2. The average Bonchev–Trinajstić information content (AvgIpc) is 1.31. The number of benzene rings is 16. The fraction of sp³-hybridized carbons (Fsp3) is 0. The van der Waals surface area contributed by atoms with Gasteiger partial charge < -0.3 is 18.6 Å². The molecule has 0 aliphatic rings. The molecule has 410 valence electrons. The lowest BCUT2D eigenvalue weighted by Crippen LogP contribution is -2.13. The summed E-state index contributed by atoms with van der Waals surface area (Å²) in [7, 11) is 0. The first-order chi connectivity index (χ1) is 43.7. The molecule has 0 amide bonds. The average molecular weight is 1120 g/mol. The predicted octanol–water partition coefficient (Wildman–Crippen LogP) is 24.3. The predicted molar refractivity (Wildman–Crippen MR) is 371 cm³/mol. The Balaban J connectivity index is 0.917. The van der Waals surface area contributed by atoms with Crippen molar-refractivity contribution in [3.8, 4) is 44.5 Å². The maximum absolute atomic E-state index is 7.48. The van der Waals surface area contributed by atoms with Crippen molar-refractivity contribution in [3.63, 3.8) is 0 Å². The molecule has 88 heavy (non-hydrogen) atoms. The van der Waals surface area contributed by atoms with Crippen LogP contribution in [0.4, 0.5) is 34.1 Å². The molecule has 0 N–H and O–H groups in total. The first-order valence-corrected chi connectivity index (χ1v) is 30.1. The second-order valence-corrected chi connectivity index (χ2v) is 23.0. The molecule has 0 atom stereocenters. The highest BCUT2D eigenvalue weighted by atomic mass is 16.3. The first-order valence-electron chi connectivity index (χ1n) is 30.1. The van der Waals surface area contributed by atoms with E-state index in [2.05, 4.69) is 325 Å². The first kappa shape index (κ1) is 49.7. The normalized spacial score (nSPS) is 11.9. The highest BCUT2D eigenvalue weighted by molar-refractivity contribution is 6.30. The summed E-state index contributed by atoms with van der Waals surface area (Å²) < 4.78 is 15.0. The van der Waals surface area contributed by atoms with E-state index in [4.69, 9.17) is 8.83 Å². The van der Waals surface area contributed by atoms with Crippen LogP contribution in [0.15, 0.2) is 324 Å². The molecule has 2 aromatic heterocycles. The lowest BCUT2D eigenvalue weighted by atomic mass is 9.91. The molecule has 0 aliphatic heterocycles. The molecule has 0 radical (unpaired) electrons. The number of hydrogen-bond acceptors (Lipinski definition) is 4. The summed E-state index contributed by atoms with van der Waals surface area (Å²) in [6, 6.07) is 114. The minimum atomic E-state index is 0.818. The summed E-state index contributed by atoms with van der Waals surface area (Å²) in [4.78, 5) is 4.92. The van der Waals surface area contributed by atoms with Crippen LogP contribution in [0.5, 0.6) is 0 Å². The summed E-state index contributed by atoms with van der Waals surface area (Å²) in [5, 5.41) is 15.9. The van der Waals surface area contributed by atoms with Crippen molar-refractivity contribution in [2.24, 2.45) is 0 Å². The third-order valence-electron chi connectivity index (χ3n) is 18.1. The second-order valence-electron chi connectivity index (χ2n) is 23.0. The van der Waals surface area contributed by atoms with Gasteiger partial charge in [0.25, 0.3) is 0 Å². The lowest BCUT2D eigenvalue weighted by molar-refractivity contribution is 0.670.